The summed E-state index contributed by atoms with van der Waals surface area (Å²) in [4.78, 5) is 0.0575. The molecule has 0 fully saturated rings. The van der Waals surface area contributed by atoms with E-state index in [9.17, 15) is 8.42 Å². The number of benzene rings is 1. The standard InChI is InChI=1S/C12H16ClN5O2S/c13-11-8-10(9-14)2-3-12(11)21(19,20)16-4-1-6-18-7-5-15-17-18/h2-3,5,7-8,16H,1,4,6,9,14H2. The Morgan fingerprint density at radius 1 is 1.38 bits per heavy atom. The first kappa shape index (κ1) is 15.9. The van der Waals surface area contributed by atoms with Crippen LogP contribution in [-0.4, -0.2) is 30.0 Å². The van der Waals surface area contributed by atoms with Crippen LogP contribution in [0.2, 0.25) is 5.02 Å². The first-order valence-corrected chi connectivity index (χ1v) is 8.21. The molecule has 0 saturated heterocycles. The van der Waals surface area contributed by atoms with Crippen molar-refractivity contribution < 1.29 is 8.42 Å². The smallest absolute Gasteiger partial charge is 0.242 e. The fraction of sp³-hybridized carbons (Fsp3) is 0.333. The first-order valence-electron chi connectivity index (χ1n) is 6.35. The molecule has 2 aromatic rings. The monoisotopic (exact) mass is 329 g/mol. The maximum absolute atomic E-state index is 12.2. The number of aryl methyl sites for hydroxylation is 1. The third kappa shape index (κ3) is 4.24. The van der Waals surface area contributed by atoms with Crippen molar-refractivity contribution in [3.63, 3.8) is 0 Å². The van der Waals surface area contributed by atoms with Crippen molar-refractivity contribution in [2.45, 2.75) is 24.4 Å². The largest absolute Gasteiger partial charge is 0.326 e. The average molecular weight is 330 g/mol. The van der Waals surface area contributed by atoms with Gasteiger partial charge >= 0.3 is 0 Å². The molecular formula is C12H16ClN5O2S. The predicted molar refractivity (Wildman–Crippen MR) is 79.2 cm³/mol. The Kier molecular flexibility index (Phi) is 5.29. The van der Waals surface area contributed by atoms with Crippen LogP contribution in [0.1, 0.15) is 12.0 Å². The molecule has 0 radical (unpaired) electrons. The molecule has 0 aliphatic heterocycles. The molecule has 0 bridgehead atoms. The number of nitrogens with zero attached hydrogens (tertiary/aromatic N) is 3. The highest BCUT2D eigenvalue weighted by Gasteiger charge is 2.17. The van der Waals surface area contributed by atoms with Crippen molar-refractivity contribution in [3.8, 4) is 0 Å². The van der Waals surface area contributed by atoms with E-state index >= 15 is 0 Å². The summed E-state index contributed by atoms with van der Waals surface area (Å²) in [5, 5.41) is 7.64. The van der Waals surface area contributed by atoms with Crippen LogP contribution in [-0.2, 0) is 23.1 Å². The minimum Gasteiger partial charge on any atom is -0.326 e. The van der Waals surface area contributed by atoms with Crippen LogP contribution < -0.4 is 10.5 Å². The summed E-state index contributed by atoms with van der Waals surface area (Å²) in [5.74, 6) is 0. The molecule has 1 aromatic carbocycles. The highest BCUT2D eigenvalue weighted by molar-refractivity contribution is 7.89. The lowest BCUT2D eigenvalue weighted by Crippen LogP contribution is -2.26. The molecule has 1 heterocycles. The number of rotatable bonds is 7. The molecule has 0 amide bonds. The van der Waals surface area contributed by atoms with Gasteiger partial charge in [-0.1, -0.05) is 22.9 Å². The molecule has 0 aliphatic carbocycles. The van der Waals surface area contributed by atoms with E-state index in [2.05, 4.69) is 15.0 Å². The van der Waals surface area contributed by atoms with Crippen LogP contribution in [0.4, 0.5) is 0 Å². The Labute approximate surface area is 128 Å². The fourth-order valence-corrected chi connectivity index (χ4v) is 3.41. The van der Waals surface area contributed by atoms with Gasteiger partial charge in [-0.3, -0.25) is 4.68 Å². The second-order valence-corrected chi connectivity index (χ2v) is 6.53. The quantitative estimate of drug-likeness (QED) is 0.730. The Balaban J connectivity index is 1.95. The third-order valence-electron chi connectivity index (χ3n) is 2.85. The van der Waals surface area contributed by atoms with E-state index in [1.165, 1.54) is 6.07 Å². The molecule has 21 heavy (non-hydrogen) atoms. The van der Waals surface area contributed by atoms with E-state index in [1.807, 2.05) is 0 Å². The highest BCUT2D eigenvalue weighted by Crippen LogP contribution is 2.22. The Morgan fingerprint density at radius 2 is 2.19 bits per heavy atom. The van der Waals surface area contributed by atoms with Gasteiger partial charge in [-0.15, -0.1) is 5.10 Å². The van der Waals surface area contributed by atoms with E-state index in [0.29, 0.717) is 19.5 Å². The van der Waals surface area contributed by atoms with Crippen molar-refractivity contribution >= 4 is 21.6 Å². The Hall–Kier alpha value is -1.48. The number of halogens is 1. The van der Waals surface area contributed by atoms with Crippen molar-refractivity contribution in [2.24, 2.45) is 5.73 Å². The summed E-state index contributed by atoms with van der Waals surface area (Å²) in [5.41, 5.74) is 6.27. The summed E-state index contributed by atoms with van der Waals surface area (Å²) < 4.78 is 28.5. The zero-order chi connectivity index (χ0) is 15.3. The molecule has 1 aromatic heterocycles. The minimum atomic E-state index is -3.63. The van der Waals surface area contributed by atoms with Gasteiger partial charge in [0.1, 0.15) is 4.90 Å². The van der Waals surface area contributed by atoms with E-state index in [-0.39, 0.29) is 16.5 Å². The SMILES string of the molecule is NCc1ccc(S(=O)(=O)NCCCn2ccnn2)c(Cl)c1. The van der Waals surface area contributed by atoms with Crippen LogP contribution in [0.5, 0.6) is 0 Å². The van der Waals surface area contributed by atoms with Crippen molar-refractivity contribution in [2.75, 3.05) is 6.54 Å². The molecular weight excluding hydrogens is 314 g/mol. The van der Waals surface area contributed by atoms with Crippen LogP contribution in [0.3, 0.4) is 0 Å². The number of sulfonamides is 1. The molecule has 114 valence electrons. The van der Waals surface area contributed by atoms with Gasteiger partial charge in [-0.2, -0.15) is 0 Å². The highest BCUT2D eigenvalue weighted by atomic mass is 35.5. The van der Waals surface area contributed by atoms with Gasteiger partial charge in [0.25, 0.3) is 0 Å². The number of aromatic nitrogens is 3. The van der Waals surface area contributed by atoms with Crippen molar-refractivity contribution in [3.05, 3.63) is 41.2 Å². The van der Waals surface area contributed by atoms with E-state index < -0.39 is 10.0 Å². The fourth-order valence-electron chi connectivity index (χ4n) is 1.77. The lowest BCUT2D eigenvalue weighted by Gasteiger charge is -2.09. The summed E-state index contributed by atoms with van der Waals surface area (Å²) in [6.07, 6.45) is 3.89. The lowest BCUT2D eigenvalue weighted by molar-refractivity contribution is 0.542. The molecule has 0 atom stereocenters. The normalized spacial score (nSPS) is 11.7. The van der Waals surface area contributed by atoms with Gasteiger partial charge in [0.05, 0.1) is 11.2 Å². The van der Waals surface area contributed by atoms with Gasteiger partial charge in [-0.25, -0.2) is 13.1 Å². The first-order chi connectivity index (χ1) is 10.0. The summed E-state index contributed by atoms with van der Waals surface area (Å²) in [7, 11) is -3.63. The molecule has 7 nitrogen and oxygen atoms in total. The molecule has 2 rings (SSSR count). The molecule has 3 N–H and O–H groups in total. The van der Waals surface area contributed by atoms with Crippen LogP contribution in [0, 0.1) is 0 Å². The van der Waals surface area contributed by atoms with Crippen molar-refractivity contribution in [1.29, 1.82) is 0 Å². The Bertz CT molecular complexity index is 688. The number of hydrogen-bond donors (Lipinski definition) is 2. The van der Waals surface area contributed by atoms with E-state index in [4.69, 9.17) is 17.3 Å². The summed E-state index contributed by atoms with van der Waals surface area (Å²) in [6, 6.07) is 4.67. The molecule has 0 spiro atoms. The topological polar surface area (TPSA) is 103 Å². The lowest BCUT2D eigenvalue weighted by atomic mass is 10.2. The van der Waals surface area contributed by atoms with E-state index in [0.717, 1.165) is 5.56 Å². The average Bonchev–Trinajstić information content (AvgIpc) is 2.96. The zero-order valence-corrected chi connectivity index (χ0v) is 12.8. The van der Waals surface area contributed by atoms with Gasteiger partial charge in [0.2, 0.25) is 10.0 Å². The second-order valence-electron chi connectivity index (χ2n) is 4.39. The van der Waals surface area contributed by atoms with E-state index in [1.54, 1.807) is 29.2 Å². The van der Waals surface area contributed by atoms with Gasteiger partial charge < -0.3 is 5.73 Å². The zero-order valence-electron chi connectivity index (χ0n) is 11.2. The summed E-state index contributed by atoms with van der Waals surface area (Å²) >= 11 is 5.99. The predicted octanol–water partition coefficient (Wildman–Crippen LogP) is 0.759. The molecule has 0 unspecified atom stereocenters. The molecule has 0 aliphatic rings. The van der Waals surface area contributed by atoms with Crippen LogP contribution in [0.25, 0.3) is 0 Å². The second kappa shape index (κ2) is 6.99. The van der Waals surface area contributed by atoms with Crippen molar-refractivity contribution in [1.82, 2.24) is 19.7 Å². The van der Waals surface area contributed by atoms with Gasteiger partial charge in [0.15, 0.2) is 0 Å². The molecule has 9 heteroatoms. The molecule has 0 saturated carbocycles. The third-order valence-corrected chi connectivity index (χ3v) is 4.79. The van der Waals surface area contributed by atoms with Crippen LogP contribution >= 0.6 is 11.6 Å². The number of hydrogen-bond acceptors (Lipinski definition) is 5. The maximum atomic E-state index is 12.2. The summed E-state index contributed by atoms with van der Waals surface area (Å²) in [6.45, 7) is 1.19. The minimum absolute atomic E-state index is 0.0575. The van der Waals surface area contributed by atoms with Crippen LogP contribution in [0.15, 0.2) is 35.5 Å². The van der Waals surface area contributed by atoms with Gasteiger partial charge in [0, 0.05) is 25.8 Å². The van der Waals surface area contributed by atoms with Gasteiger partial charge in [-0.05, 0) is 24.1 Å². The number of nitrogens with two attached hydrogens (primary N) is 1. The Morgan fingerprint density at radius 3 is 2.81 bits per heavy atom. The maximum Gasteiger partial charge on any atom is 0.242 e. The number of nitrogens with one attached hydrogen (secondary N) is 1.